The summed E-state index contributed by atoms with van der Waals surface area (Å²) in [5.74, 6) is -0.672. The highest BCUT2D eigenvalue weighted by molar-refractivity contribution is 7.92. The van der Waals surface area contributed by atoms with Gasteiger partial charge in [-0.05, 0) is 55.0 Å². The number of sulfonamides is 1. The Morgan fingerprint density at radius 3 is 2.28 bits per heavy atom. The van der Waals surface area contributed by atoms with Gasteiger partial charge in [-0.15, -0.1) is 0 Å². The van der Waals surface area contributed by atoms with E-state index in [0.717, 1.165) is 10.6 Å². The first-order chi connectivity index (χ1) is 11.8. The van der Waals surface area contributed by atoms with Crippen LogP contribution >= 0.6 is 11.6 Å². The van der Waals surface area contributed by atoms with E-state index >= 15 is 0 Å². The number of halogens is 2. The maximum Gasteiger partial charge on any atom is 0.232 e. The first kappa shape index (κ1) is 19.2. The molecule has 0 heterocycles. The smallest absolute Gasteiger partial charge is 0.232 e. The first-order valence-corrected chi connectivity index (χ1v) is 9.77. The van der Waals surface area contributed by atoms with Gasteiger partial charge in [0.25, 0.3) is 0 Å². The van der Waals surface area contributed by atoms with E-state index in [2.05, 4.69) is 5.32 Å². The summed E-state index contributed by atoms with van der Waals surface area (Å²) in [4.78, 5) is 11.9. The number of hydrogen-bond acceptors (Lipinski definition) is 3. The minimum absolute atomic E-state index is 0.124. The maximum absolute atomic E-state index is 13.0. The molecule has 0 saturated carbocycles. The fourth-order valence-corrected chi connectivity index (χ4v) is 3.33. The van der Waals surface area contributed by atoms with Crippen LogP contribution in [0.15, 0.2) is 48.5 Å². The molecule has 0 unspecified atom stereocenters. The number of nitrogens with one attached hydrogen (secondary N) is 1. The molecule has 0 aliphatic heterocycles. The maximum atomic E-state index is 13.0. The van der Waals surface area contributed by atoms with E-state index in [1.54, 1.807) is 24.3 Å². The summed E-state index contributed by atoms with van der Waals surface area (Å²) >= 11 is 5.78. The number of hydrogen-bond donors (Lipinski definition) is 1. The Balaban J connectivity index is 1.93. The van der Waals surface area contributed by atoms with Gasteiger partial charge in [0.2, 0.25) is 15.9 Å². The lowest BCUT2D eigenvalue weighted by Gasteiger charge is -2.22. The number of nitrogens with zero attached hydrogens (tertiary/aromatic N) is 1. The highest BCUT2D eigenvalue weighted by Crippen LogP contribution is 2.19. The fourth-order valence-electron chi connectivity index (χ4n) is 2.23. The zero-order valence-corrected chi connectivity index (χ0v) is 15.1. The summed E-state index contributed by atoms with van der Waals surface area (Å²) in [6, 6.07) is 11.9. The Hall–Kier alpha value is -2.12. The van der Waals surface area contributed by atoms with Gasteiger partial charge >= 0.3 is 0 Å². The minimum Gasteiger partial charge on any atom is -0.326 e. The summed E-state index contributed by atoms with van der Waals surface area (Å²) in [5.41, 5.74) is 0.981. The molecule has 0 aromatic heterocycles. The summed E-state index contributed by atoms with van der Waals surface area (Å²) in [7, 11) is -3.53. The summed E-state index contributed by atoms with van der Waals surface area (Å²) in [6.07, 6.45) is 1.55. The number of carbonyl (C=O) groups is 1. The largest absolute Gasteiger partial charge is 0.326 e. The SMILES string of the molecule is CS(=O)(=O)N(CCCC(=O)Nc1ccc(Cl)cc1)c1ccc(F)cc1. The van der Waals surface area contributed by atoms with Crippen molar-refractivity contribution in [3.05, 3.63) is 59.4 Å². The molecular formula is C17H18ClFN2O3S. The van der Waals surface area contributed by atoms with Crippen molar-refractivity contribution in [2.75, 3.05) is 22.4 Å². The second-order valence-corrected chi connectivity index (χ2v) is 7.81. The van der Waals surface area contributed by atoms with Gasteiger partial charge in [-0.2, -0.15) is 0 Å². The van der Waals surface area contributed by atoms with Gasteiger partial charge in [0.15, 0.2) is 0 Å². The Bertz CT molecular complexity index is 824. The highest BCUT2D eigenvalue weighted by Gasteiger charge is 2.17. The van der Waals surface area contributed by atoms with Gasteiger partial charge in [0.1, 0.15) is 5.82 Å². The molecule has 134 valence electrons. The molecule has 0 radical (unpaired) electrons. The number of anilines is 2. The number of carbonyl (C=O) groups excluding carboxylic acids is 1. The topological polar surface area (TPSA) is 66.5 Å². The third-order valence-corrected chi connectivity index (χ3v) is 4.85. The van der Waals surface area contributed by atoms with Crippen LogP contribution in [0.4, 0.5) is 15.8 Å². The van der Waals surface area contributed by atoms with Crippen molar-refractivity contribution in [3.63, 3.8) is 0 Å². The molecule has 0 spiro atoms. The molecule has 2 aromatic rings. The summed E-state index contributed by atoms with van der Waals surface area (Å²) in [6.45, 7) is 0.124. The van der Waals surface area contributed by atoms with Crippen LogP contribution in [0.1, 0.15) is 12.8 Å². The Morgan fingerprint density at radius 1 is 1.12 bits per heavy atom. The van der Waals surface area contributed by atoms with E-state index in [1.807, 2.05) is 0 Å². The Morgan fingerprint density at radius 2 is 1.72 bits per heavy atom. The average molecular weight is 385 g/mol. The standard InChI is InChI=1S/C17H18ClFN2O3S/c1-25(23,24)21(16-10-6-14(19)7-11-16)12-2-3-17(22)20-15-8-4-13(18)5-9-15/h4-11H,2-3,12H2,1H3,(H,20,22). The van der Waals surface area contributed by atoms with Crippen molar-refractivity contribution in [1.82, 2.24) is 0 Å². The van der Waals surface area contributed by atoms with Gasteiger partial charge in [0.05, 0.1) is 11.9 Å². The van der Waals surface area contributed by atoms with Gasteiger partial charge in [-0.3, -0.25) is 9.10 Å². The molecule has 1 N–H and O–H groups in total. The van der Waals surface area contributed by atoms with E-state index in [9.17, 15) is 17.6 Å². The van der Waals surface area contributed by atoms with E-state index in [0.29, 0.717) is 22.8 Å². The summed E-state index contributed by atoms with van der Waals surface area (Å²) < 4.78 is 38.0. The predicted octanol–water partition coefficient (Wildman–Crippen LogP) is 3.66. The first-order valence-electron chi connectivity index (χ1n) is 7.54. The van der Waals surface area contributed by atoms with Crippen molar-refractivity contribution < 1.29 is 17.6 Å². The number of amides is 1. The van der Waals surface area contributed by atoms with Gasteiger partial charge in [-0.1, -0.05) is 11.6 Å². The zero-order chi connectivity index (χ0) is 18.4. The molecule has 2 rings (SSSR count). The molecule has 2 aromatic carbocycles. The molecule has 0 fully saturated rings. The third kappa shape index (κ3) is 6.03. The van der Waals surface area contributed by atoms with E-state index in [-0.39, 0.29) is 18.9 Å². The molecule has 0 bridgehead atoms. The molecule has 5 nitrogen and oxygen atoms in total. The van der Waals surface area contributed by atoms with Crippen molar-refractivity contribution in [3.8, 4) is 0 Å². The van der Waals surface area contributed by atoms with Gasteiger partial charge < -0.3 is 5.32 Å². The average Bonchev–Trinajstić information content (AvgIpc) is 2.54. The van der Waals surface area contributed by atoms with E-state index < -0.39 is 15.8 Å². The molecule has 0 aliphatic carbocycles. The molecule has 0 aliphatic rings. The monoisotopic (exact) mass is 384 g/mol. The third-order valence-electron chi connectivity index (χ3n) is 3.41. The van der Waals surface area contributed by atoms with Crippen LogP contribution in [-0.2, 0) is 14.8 Å². The Labute approximate surface area is 151 Å². The molecular weight excluding hydrogens is 367 g/mol. The van der Waals surface area contributed by atoms with Crippen LogP contribution in [-0.4, -0.2) is 27.1 Å². The fraction of sp³-hybridized carbons (Fsp3) is 0.235. The molecule has 1 amide bonds. The lowest BCUT2D eigenvalue weighted by molar-refractivity contribution is -0.116. The van der Waals surface area contributed by atoms with Crippen LogP contribution in [0.25, 0.3) is 0 Å². The van der Waals surface area contributed by atoms with Crippen LogP contribution in [0.5, 0.6) is 0 Å². The number of benzene rings is 2. The quantitative estimate of drug-likeness (QED) is 0.792. The zero-order valence-electron chi connectivity index (χ0n) is 13.6. The van der Waals surface area contributed by atoms with E-state index in [1.165, 1.54) is 24.3 Å². The van der Waals surface area contributed by atoms with Crippen LogP contribution in [0, 0.1) is 5.82 Å². The van der Waals surface area contributed by atoms with Crippen LogP contribution in [0.3, 0.4) is 0 Å². The lowest BCUT2D eigenvalue weighted by Crippen LogP contribution is -2.31. The van der Waals surface area contributed by atoms with Crippen molar-refractivity contribution in [2.24, 2.45) is 0 Å². The van der Waals surface area contributed by atoms with Crippen molar-refractivity contribution >= 4 is 38.9 Å². The number of rotatable bonds is 7. The van der Waals surface area contributed by atoms with Gasteiger partial charge in [0, 0.05) is 23.7 Å². The van der Waals surface area contributed by atoms with Crippen LogP contribution in [0.2, 0.25) is 5.02 Å². The second kappa shape index (κ2) is 8.31. The summed E-state index contributed by atoms with van der Waals surface area (Å²) in [5, 5.41) is 3.28. The Kier molecular flexibility index (Phi) is 6.39. The normalized spacial score (nSPS) is 11.2. The van der Waals surface area contributed by atoms with Crippen molar-refractivity contribution in [1.29, 1.82) is 0 Å². The highest BCUT2D eigenvalue weighted by atomic mass is 35.5. The molecule has 0 saturated heterocycles. The lowest BCUT2D eigenvalue weighted by atomic mass is 10.2. The molecule has 8 heteroatoms. The van der Waals surface area contributed by atoms with Crippen molar-refractivity contribution in [2.45, 2.75) is 12.8 Å². The van der Waals surface area contributed by atoms with E-state index in [4.69, 9.17) is 11.6 Å². The minimum atomic E-state index is -3.53. The predicted molar refractivity (Wildman–Crippen MR) is 97.9 cm³/mol. The molecule has 0 atom stereocenters. The molecule has 25 heavy (non-hydrogen) atoms. The van der Waals surface area contributed by atoms with Gasteiger partial charge in [-0.25, -0.2) is 12.8 Å². The second-order valence-electron chi connectivity index (χ2n) is 5.47. The van der Waals surface area contributed by atoms with Crippen LogP contribution < -0.4 is 9.62 Å².